The van der Waals surface area contributed by atoms with Crippen LogP contribution in [0.25, 0.3) is 16.7 Å². The van der Waals surface area contributed by atoms with E-state index in [0.717, 1.165) is 54.2 Å². The van der Waals surface area contributed by atoms with Crippen molar-refractivity contribution in [1.82, 2.24) is 24.3 Å². The summed E-state index contributed by atoms with van der Waals surface area (Å²) in [5.74, 6) is 2.33. The third kappa shape index (κ3) is 3.33. The van der Waals surface area contributed by atoms with Gasteiger partial charge in [-0.15, -0.1) is 10.2 Å². The number of hydrogen-bond donors (Lipinski definition) is 0. The SMILES string of the molecule is CCCCCn1c(=O)c2ccccc2n2c(SCc3noc4c3CCCC4)nnc12. The van der Waals surface area contributed by atoms with Gasteiger partial charge in [0.25, 0.3) is 5.56 Å². The van der Waals surface area contributed by atoms with Gasteiger partial charge in [0.2, 0.25) is 5.78 Å². The molecule has 0 amide bonds. The second kappa shape index (κ2) is 8.26. The van der Waals surface area contributed by atoms with E-state index >= 15 is 0 Å². The number of fused-ring (bicyclic) bond motifs is 4. The van der Waals surface area contributed by atoms with Gasteiger partial charge in [-0.05, 0) is 37.8 Å². The molecule has 3 heterocycles. The predicted molar refractivity (Wildman–Crippen MR) is 117 cm³/mol. The Morgan fingerprint density at radius 1 is 1.13 bits per heavy atom. The minimum absolute atomic E-state index is 0.00345. The van der Waals surface area contributed by atoms with Crippen molar-refractivity contribution in [3.8, 4) is 0 Å². The number of rotatable bonds is 7. The van der Waals surface area contributed by atoms with E-state index in [9.17, 15) is 4.79 Å². The summed E-state index contributed by atoms with van der Waals surface area (Å²) < 4.78 is 9.34. The van der Waals surface area contributed by atoms with Gasteiger partial charge in [0.15, 0.2) is 5.16 Å². The van der Waals surface area contributed by atoms with Gasteiger partial charge >= 0.3 is 0 Å². The van der Waals surface area contributed by atoms with Crippen LogP contribution < -0.4 is 5.56 Å². The molecule has 156 valence electrons. The van der Waals surface area contributed by atoms with Crippen molar-refractivity contribution >= 4 is 28.4 Å². The molecule has 8 heteroatoms. The van der Waals surface area contributed by atoms with Gasteiger partial charge in [0.05, 0.1) is 16.6 Å². The highest BCUT2D eigenvalue weighted by molar-refractivity contribution is 7.98. The standard InChI is InChI=1S/C22H25N5O2S/c1-2-3-8-13-26-20(28)16-10-4-6-11-18(16)27-21(26)23-24-22(27)30-14-17-15-9-5-7-12-19(15)29-25-17/h4,6,10-11H,2-3,5,7-9,12-14H2,1H3. The average molecular weight is 424 g/mol. The monoisotopic (exact) mass is 423 g/mol. The summed E-state index contributed by atoms with van der Waals surface area (Å²) in [7, 11) is 0. The first-order valence-corrected chi connectivity index (χ1v) is 11.7. The van der Waals surface area contributed by atoms with E-state index < -0.39 is 0 Å². The first-order chi connectivity index (χ1) is 14.8. The van der Waals surface area contributed by atoms with Crippen LogP contribution in [0.15, 0.2) is 38.7 Å². The molecule has 1 aliphatic carbocycles. The number of thioether (sulfide) groups is 1. The van der Waals surface area contributed by atoms with Crippen LogP contribution in [0.2, 0.25) is 0 Å². The second-order valence-electron chi connectivity index (χ2n) is 7.83. The van der Waals surface area contributed by atoms with Crippen LogP contribution >= 0.6 is 11.8 Å². The Labute approximate surface area is 178 Å². The Hall–Kier alpha value is -2.61. The minimum Gasteiger partial charge on any atom is -0.361 e. The normalized spacial score (nSPS) is 13.9. The fraction of sp³-hybridized carbons (Fsp3) is 0.455. The fourth-order valence-electron chi connectivity index (χ4n) is 4.24. The topological polar surface area (TPSA) is 78.2 Å². The average Bonchev–Trinajstić information content (AvgIpc) is 3.39. The van der Waals surface area contributed by atoms with Gasteiger partial charge in [-0.3, -0.25) is 13.8 Å². The highest BCUT2D eigenvalue weighted by atomic mass is 32.2. The molecular weight excluding hydrogens is 398 g/mol. The molecule has 0 aliphatic heterocycles. The predicted octanol–water partition coefficient (Wildman–Crippen LogP) is 4.39. The molecular formula is C22H25N5O2S. The molecule has 4 aromatic rings. The molecule has 0 saturated carbocycles. The van der Waals surface area contributed by atoms with Gasteiger partial charge in [-0.2, -0.15) is 0 Å². The fourth-order valence-corrected chi connectivity index (χ4v) is 5.14. The van der Waals surface area contributed by atoms with E-state index in [-0.39, 0.29) is 5.56 Å². The van der Waals surface area contributed by atoms with Crippen LogP contribution in [0.5, 0.6) is 0 Å². The Kier molecular flexibility index (Phi) is 5.33. The van der Waals surface area contributed by atoms with E-state index in [1.165, 1.54) is 18.4 Å². The van der Waals surface area contributed by atoms with Crippen LogP contribution in [0, 0.1) is 0 Å². The zero-order valence-corrected chi connectivity index (χ0v) is 18.0. The summed E-state index contributed by atoms with van der Waals surface area (Å²) in [5.41, 5.74) is 3.12. The Morgan fingerprint density at radius 3 is 2.90 bits per heavy atom. The summed E-state index contributed by atoms with van der Waals surface area (Å²) in [5, 5.41) is 14.6. The van der Waals surface area contributed by atoms with Crippen molar-refractivity contribution in [1.29, 1.82) is 0 Å². The van der Waals surface area contributed by atoms with E-state index in [4.69, 9.17) is 4.52 Å². The van der Waals surface area contributed by atoms with Gasteiger partial charge in [0.1, 0.15) is 5.76 Å². The molecule has 0 unspecified atom stereocenters. The Balaban J connectivity index is 1.54. The first kappa shape index (κ1) is 19.4. The second-order valence-corrected chi connectivity index (χ2v) is 8.77. The highest BCUT2D eigenvalue weighted by Crippen LogP contribution is 2.30. The molecule has 1 aliphatic rings. The number of para-hydroxylation sites is 1. The van der Waals surface area contributed by atoms with Crippen molar-refractivity contribution in [2.75, 3.05) is 0 Å². The molecule has 0 radical (unpaired) electrons. The number of aryl methyl sites for hydroxylation is 2. The Bertz CT molecular complexity index is 1260. The quantitative estimate of drug-likeness (QED) is 0.324. The van der Waals surface area contributed by atoms with Crippen molar-refractivity contribution in [3.63, 3.8) is 0 Å². The number of benzene rings is 1. The van der Waals surface area contributed by atoms with Gasteiger partial charge in [-0.25, -0.2) is 0 Å². The molecule has 0 saturated heterocycles. The van der Waals surface area contributed by atoms with E-state index in [2.05, 4.69) is 22.3 Å². The largest absolute Gasteiger partial charge is 0.361 e. The van der Waals surface area contributed by atoms with Crippen LogP contribution in [0.4, 0.5) is 0 Å². The number of hydrogen-bond acceptors (Lipinski definition) is 6. The summed E-state index contributed by atoms with van der Waals surface area (Å²) in [4.78, 5) is 13.1. The maximum Gasteiger partial charge on any atom is 0.262 e. The lowest BCUT2D eigenvalue weighted by Crippen LogP contribution is -2.23. The van der Waals surface area contributed by atoms with Crippen molar-refractivity contribution in [2.24, 2.45) is 0 Å². The lowest BCUT2D eigenvalue weighted by atomic mass is 9.97. The zero-order valence-electron chi connectivity index (χ0n) is 17.1. The molecule has 30 heavy (non-hydrogen) atoms. The molecule has 0 bridgehead atoms. The minimum atomic E-state index is 0.00345. The van der Waals surface area contributed by atoms with Gasteiger partial charge in [-0.1, -0.05) is 48.8 Å². The van der Waals surface area contributed by atoms with Gasteiger partial charge in [0, 0.05) is 24.3 Å². The van der Waals surface area contributed by atoms with Crippen molar-refractivity contribution in [2.45, 2.75) is 69.3 Å². The van der Waals surface area contributed by atoms with Gasteiger partial charge < -0.3 is 4.52 Å². The third-order valence-corrected chi connectivity index (χ3v) is 6.77. The lowest BCUT2D eigenvalue weighted by molar-refractivity contribution is 0.369. The molecule has 5 rings (SSSR count). The van der Waals surface area contributed by atoms with E-state index in [0.29, 0.717) is 23.5 Å². The lowest BCUT2D eigenvalue weighted by Gasteiger charge is -2.11. The number of unbranched alkanes of at least 4 members (excludes halogenated alkanes) is 2. The molecule has 0 atom stereocenters. The zero-order chi connectivity index (χ0) is 20.5. The summed E-state index contributed by atoms with van der Waals surface area (Å²) >= 11 is 1.60. The molecule has 0 N–H and O–H groups in total. The Morgan fingerprint density at radius 2 is 2.00 bits per heavy atom. The van der Waals surface area contributed by atoms with Crippen molar-refractivity contribution < 1.29 is 4.52 Å². The smallest absolute Gasteiger partial charge is 0.262 e. The maximum atomic E-state index is 13.1. The van der Waals surface area contributed by atoms with E-state index in [1.54, 1.807) is 16.3 Å². The summed E-state index contributed by atoms with van der Waals surface area (Å²) in [6.45, 7) is 2.81. The summed E-state index contributed by atoms with van der Waals surface area (Å²) in [6.07, 6.45) is 7.52. The molecule has 0 spiro atoms. The third-order valence-electron chi connectivity index (χ3n) is 5.83. The van der Waals surface area contributed by atoms with Crippen LogP contribution in [-0.4, -0.2) is 24.3 Å². The first-order valence-electron chi connectivity index (χ1n) is 10.7. The van der Waals surface area contributed by atoms with Crippen LogP contribution in [-0.2, 0) is 25.1 Å². The number of aromatic nitrogens is 5. The molecule has 7 nitrogen and oxygen atoms in total. The van der Waals surface area contributed by atoms with Crippen LogP contribution in [0.3, 0.4) is 0 Å². The van der Waals surface area contributed by atoms with Crippen LogP contribution in [0.1, 0.15) is 56.0 Å². The molecule has 0 fully saturated rings. The summed E-state index contributed by atoms with van der Waals surface area (Å²) in [6, 6.07) is 7.71. The molecule has 3 aromatic heterocycles. The maximum absolute atomic E-state index is 13.1. The van der Waals surface area contributed by atoms with E-state index in [1.807, 2.05) is 28.7 Å². The highest BCUT2D eigenvalue weighted by Gasteiger charge is 2.21. The molecule has 1 aromatic carbocycles. The number of nitrogens with zero attached hydrogens (tertiary/aromatic N) is 5. The van der Waals surface area contributed by atoms with Crippen molar-refractivity contribution in [3.05, 3.63) is 51.6 Å².